The third kappa shape index (κ3) is 4.69. The van der Waals surface area contributed by atoms with E-state index < -0.39 is 10.0 Å². The van der Waals surface area contributed by atoms with Crippen LogP contribution in [0.3, 0.4) is 0 Å². The Bertz CT molecular complexity index is 1530. The number of anilines is 2. The first kappa shape index (κ1) is 23.2. The standard InChI is InChI=1S/C25H23ClN4O4S/c1-16-18(26)6-5-9-23(16)35(31,32)29-24-25(28-20-8-4-3-7-19(20)27-24)34-15-17-10-11-22-21(14-17)30(2)12-13-33-22/h3-11,14H,12-13,15H2,1-2H3,(H,27,29). The average Bonchev–Trinajstić information content (AvgIpc) is 2.84. The van der Waals surface area contributed by atoms with Crippen molar-refractivity contribution in [1.29, 1.82) is 0 Å². The Morgan fingerprint density at radius 3 is 2.66 bits per heavy atom. The molecule has 1 N–H and O–H groups in total. The first-order valence-electron chi connectivity index (χ1n) is 11.0. The van der Waals surface area contributed by atoms with Gasteiger partial charge < -0.3 is 14.4 Å². The van der Waals surface area contributed by atoms with Gasteiger partial charge in [-0.25, -0.2) is 18.4 Å². The van der Waals surface area contributed by atoms with Crippen molar-refractivity contribution in [2.75, 3.05) is 29.8 Å². The monoisotopic (exact) mass is 510 g/mol. The van der Waals surface area contributed by atoms with Gasteiger partial charge in [-0.15, -0.1) is 0 Å². The van der Waals surface area contributed by atoms with E-state index in [1.165, 1.54) is 6.07 Å². The summed E-state index contributed by atoms with van der Waals surface area (Å²) in [5.74, 6) is 0.897. The van der Waals surface area contributed by atoms with Gasteiger partial charge in [0.1, 0.15) is 19.0 Å². The van der Waals surface area contributed by atoms with Crippen molar-refractivity contribution in [3.63, 3.8) is 0 Å². The minimum atomic E-state index is -4.00. The maximum absolute atomic E-state index is 13.2. The molecule has 0 unspecified atom stereocenters. The zero-order chi connectivity index (χ0) is 24.6. The highest BCUT2D eigenvalue weighted by Gasteiger charge is 2.23. The fraction of sp³-hybridized carbons (Fsp3) is 0.200. The smallest absolute Gasteiger partial charge is 0.263 e. The molecule has 10 heteroatoms. The Morgan fingerprint density at radius 1 is 1.09 bits per heavy atom. The lowest BCUT2D eigenvalue weighted by molar-refractivity contribution is 0.293. The van der Waals surface area contributed by atoms with E-state index in [1.54, 1.807) is 31.2 Å². The van der Waals surface area contributed by atoms with Crippen LogP contribution in [0.25, 0.3) is 11.0 Å². The van der Waals surface area contributed by atoms with Gasteiger partial charge in [-0.2, -0.15) is 0 Å². The van der Waals surface area contributed by atoms with Crippen LogP contribution in [0.15, 0.2) is 65.6 Å². The molecule has 35 heavy (non-hydrogen) atoms. The van der Waals surface area contributed by atoms with Crippen LogP contribution < -0.4 is 19.1 Å². The number of nitrogens with zero attached hydrogens (tertiary/aromatic N) is 3. The van der Waals surface area contributed by atoms with Crippen LogP contribution in [0.1, 0.15) is 11.1 Å². The van der Waals surface area contributed by atoms with Crippen LogP contribution in [-0.4, -0.2) is 38.6 Å². The number of ether oxygens (including phenoxy) is 2. The van der Waals surface area contributed by atoms with Crippen molar-refractivity contribution < 1.29 is 17.9 Å². The Hall–Kier alpha value is -3.56. The van der Waals surface area contributed by atoms with Crippen molar-refractivity contribution in [2.45, 2.75) is 18.4 Å². The van der Waals surface area contributed by atoms with E-state index in [0.717, 1.165) is 23.5 Å². The van der Waals surface area contributed by atoms with Gasteiger partial charge >= 0.3 is 0 Å². The number of hydrogen-bond donors (Lipinski definition) is 1. The molecule has 8 nitrogen and oxygen atoms in total. The van der Waals surface area contributed by atoms with Gasteiger partial charge in [-0.05, 0) is 54.4 Å². The average molecular weight is 511 g/mol. The van der Waals surface area contributed by atoms with Crippen molar-refractivity contribution in [3.8, 4) is 11.6 Å². The molecule has 1 aliphatic rings. The summed E-state index contributed by atoms with van der Waals surface area (Å²) in [6.07, 6.45) is 0. The molecule has 5 rings (SSSR count). The molecule has 4 aromatic rings. The summed E-state index contributed by atoms with van der Waals surface area (Å²) >= 11 is 6.15. The fourth-order valence-corrected chi connectivity index (χ4v) is 5.35. The van der Waals surface area contributed by atoms with Crippen LogP contribution >= 0.6 is 11.6 Å². The molecule has 0 radical (unpaired) electrons. The molecule has 0 spiro atoms. The van der Waals surface area contributed by atoms with Gasteiger partial charge in [0.2, 0.25) is 5.82 Å². The number of likely N-dealkylation sites (N-methyl/N-ethyl adjacent to an activating group) is 1. The summed E-state index contributed by atoms with van der Waals surface area (Å²) in [5, 5.41) is 0.357. The molecule has 0 atom stereocenters. The lowest BCUT2D eigenvalue weighted by Crippen LogP contribution is -2.28. The van der Waals surface area contributed by atoms with E-state index in [0.29, 0.717) is 28.2 Å². The van der Waals surface area contributed by atoms with Gasteiger partial charge in [0, 0.05) is 12.1 Å². The summed E-state index contributed by atoms with van der Waals surface area (Å²) in [4.78, 5) is 11.2. The van der Waals surface area contributed by atoms with E-state index in [2.05, 4.69) is 19.6 Å². The van der Waals surface area contributed by atoms with Crippen LogP contribution in [0.2, 0.25) is 5.02 Å². The highest BCUT2D eigenvalue weighted by molar-refractivity contribution is 7.92. The molecule has 1 aromatic heterocycles. The highest BCUT2D eigenvalue weighted by Crippen LogP contribution is 2.33. The molecule has 180 valence electrons. The zero-order valence-electron chi connectivity index (χ0n) is 19.2. The molecular formula is C25H23ClN4O4S. The van der Waals surface area contributed by atoms with Crippen LogP contribution in [-0.2, 0) is 16.6 Å². The minimum absolute atomic E-state index is 0.00138. The van der Waals surface area contributed by atoms with E-state index in [1.807, 2.05) is 37.4 Å². The molecule has 3 aromatic carbocycles. The van der Waals surface area contributed by atoms with E-state index in [4.69, 9.17) is 21.1 Å². The van der Waals surface area contributed by atoms with Gasteiger partial charge in [-0.1, -0.05) is 35.9 Å². The second kappa shape index (κ2) is 9.24. The number of para-hydroxylation sites is 2. The molecule has 0 fully saturated rings. The van der Waals surface area contributed by atoms with Crippen molar-refractivity contribution in [2.24, 2.45) is 0 Å². The summed E-state index contributed by atoms with van der Waals surface area (Å²) in [6.45, 7) is 3.25. The number of aromatic nitrogens is 2. The number of hydrogen-bond acceptors (Lipinski definition) is 7. The van der Waals surface area contributed by atoms with Crippen molar-refractivity contribution in [3.05, 3.63) is 76.8 Å². The van der Waals surface area contributed by atoms with Crippen molar-refractivity contribution in [1.82, 2.24) is 9.97 Å². The lowest BCUT2D eigenvalue weighted by atomic mass is 10.1. The van der Waals surface area contributed by atoms with E-state index in [-0.39, 0.29) is 23.2 Å². The van der Waals surface area contributed by atoms with Crippen molar-refractivity contribution >= 4 is 44.2 Å². The summed E-state index contributed by atoms with van der Waals surface area (Å²) in [6, 6.07) is 17.7. The summed E-state index contributed by atoms with van der Waals surface area (Å²) in [5.41, 5.74) is 3.42. The normalized spacial score (nSPS) is 13.3. The Morgan fingerprint density at radius 2 is 1.86 bits per heavy atom. The Kier molecular flexibility index (Phi) is 6.12. The maximum atomic E-state index is 13.2. The third-order valence-corrected chi connectivity index (χ3v) is 7.66. The van der Waals surface area contributed by atoms with Crippen LogP contribution in [0.5, 0.6) is 11.6 Å². The number of nitrogens with one attached hydrogen (secondary N) is 1. The SMILES string of the molecule is Cc1c(Cl)cccc1S(=O)(=O)Nc1nc2ccccc2nc1OCc1ccc2c(c1)N(C)CCO2. The number of halogens is 1. The lowest BCUT2D eigenvalue weighted by Gasteiger charge is -2.28. The topological polar surface area (TPSA) is 93.7 Å². The second-order valence-electron chi connectivity index (χ2n) is 8.20. The quantitative estimate of drug-likeness (QED) is 0.398. The van der Waals surface area contributed by atoms with Gasteiger partial charge in [0.05, 0.1) is 28.2 Å². The second-order valence-corrected chi connectivity index (χ2v) is 10.3. The third-order valence-electron chi connectivity index (χ3n) is 5.77. The summed E-state index contributed by atoms with van der Waals surface area (Å²) < 4.78 is 40.7. The first-order chi connectivity index (χ1) is 16.8. The Labute approximate surface area is 208 Å². The molecule has 0 bridgehead atoms. The summed E-state index contributed by atoms with van der Waals surface area (Å²) in [7, 11) is -1.99. The van der Waals surface area contributed by atoms with Gasteiger partial charge in [0.25, 0.3) is 15.9 Å². The zero-order valence-corrected chi connectivity index (χ0v) is 20.7. The minimum Gasteiger partial charge on any atom is -0.490 e. The molecule has 0 aliphatic carbocycles. The molecule has 0 saturated heterocycles. The predicted molar refractivity (Wildman–Crippen MR) is 136 cm³/mol. The fourth-order valence-electron chi connectivity index (χ4n) is 3.85. The number of fused-ring (bicyclic) bond motifs is 2. The largest absolute Gasteiger partial charge is 0.490 e. The van der Waals surface area contributed by atoms with Gasteiger partial charge in [0.15, 0.2) is 0 Å². The maximum Gasteiger partial charge on any atom is 0.263 e. The number of rotatable bonds is 6. The molecule has 2 heterocycles. The van der Waals surface area contributed by atoms with Crippen LogP contribution in [0.4, 0.5) is 11.5 Å². The van der Waals surface area contributed by atoms with Gasteiger partial charge in [-0.3, -0.25) is 4.72 Å². The van der Waals surface area contributed by atoms with Crippen LogP contribution in [0, 0.1) is 6.92 Å². The predicted octanol–water partition coefficient (Wildman–Crippen LogP) is 4.80. The number of sulfonamides is 1. The van der Waals surface area contributed by atoms with E-state index >= 15 is 0 Å². The molecular weight excluding hydrogens is 488 g/mol. The Balaban J connectivity index is 1.48. The highest BCUT2D eigenvalue weighted by atomic mass is 35.5. The van der Waals surface area contributed by atoms with E-state index in [9.17, 15) is 8.42 Å². The molecule has 1 aliphatic heterocycles. The molecule has 0 saturated carbocycles. The first-order valence-corrected chi connectivity index (χ1v) is 12.8. The number of benzene rings is 3. The molecule has 0 amide bonds.